The molecule has 0 fully saturated rings. The summed E-state index contributed by atoms with van der Waals surface area (Å²) in [6, 6.07) is 14.9. The summed E-state index contributed by atoms with van der Waals surface area (Å²) in [4.78, 5) is 12.4. The fourth-order valence-corrected chi connectivity index (χ4v) is 2.20. The summed E-state index contributed by atoms with van der Waals surface area (Å²) < 4.78 is 10.6. The number of carbonyl (C=O) groups is 1. The quantitative estimate of drug-likeness (QED) is 0.785. The Labute approximate surface area is 122 Å². The lowest BCUT2D eigenvalue weighted by Crippen LogP contribution is -2.26. The maximum Gasteiger partial charge on any atom is 0.288 e. The van der Waals surface area contributed by atoms with E-state index < -0.39 is 0 Å². The number of amides is 1. The lowest BCUT2D eigenvalue weighted by atomic mass is 10.1. The average molecular weight is 281 g/mol. The Bertz CT molecular complexity index is 714. The van der Waals surface area contributed by atoms with Crippen LogP contribution >= 0.6 is 0 Å². The van der Waals surface area contributed by atoms with Crippen molar-refractivity contribution in [1.82, 2.24) is 5.32 Å². The third kappa shape index (κ3) is 2.74. The third-order valence-electron chi connectivity index (χ3n) is 3.27. The Hall–Kier alpha value is -2.75. The van der Waals surface area contributed by atoms with Gasteiger partial charge < -0.3 is 14.2 Å². The number of carbonyl (C=O) groups excluding carboxylic acids is 1. The molecule has 1 N–H and O–H groups in total. The molecule has 0 radical (unpaired) electrons. The van der Waals surface area contributed by atoms with Crippen LogP contribution in [0.2, 0.25) is 0 Å². The van der Waals surface area contributed by atoms with Gasteiger partial charge in [-0.15, -0.1) is 0 Å². The summed E-state index contributed by atoms with van der Waals surface area (Å²) in [6.07, 6.45) is 3.11. The monoisotopic (exact) mass is 281 g/mol. The van der Waals surface area contributed by atoms with E-state index in [0.29, 0.717) is 11.5 Å². The van der Waals surface area contributed by atoms with Crippen molar-refractivity contribution in [1.29, 1.82) is 0 Å². The van der Waals surface area contributed by atoms with Gasteiger partial charge in [0.1, 0.15) is 5.76 Å². The van der Waals surface area contributed by atoms with E-state index in [4.69, 9.17) is 8.83 Å². The lowest BCUT2D eigenvalue weighted by Gasteiger charge is -2.11. The summed E-state index contributed by atoms with van der Waals surface area (Å²) >= 11 is 0. The molecule has 0 saturated carbocycles. The van der Waals surface area contributed by atoms with E-state index in [1.54, 1.807) is 18.4 Å². The molecule has 0 bridgehead atoms. The summed E-state index contributed by atoms with van der Waals surface area (Å²) in [5.41, 5.74) is 1.72. The van der Waals surface area contributed by atoms with Crippen molar-refractivity contribution in [2.75, 3.05) is 0 Å². The topological polar surface area (TPSA) is 55.4 Å². The van der Waals surface area contributed by atoms with Crippen LogP contribution in [0.3, 0.4) is 0 Å². The minimum Gasteiger partial charge on any atom is -0.467 e. The van der Waals surface area contributed by atoms with Crippen LogP contribution in [0.1, 0.15) is 29.3 Å². The largest absolute Gasteiger partial charge is 0.467 e. The normalized spacial score (nSPS) is 12.0. The first kappa shape index (κ1) is 13.2. The Morgan fingerprint density at radius 1 is 1.00 bits per heavy atom. The summed E-state index contributed by atoms with van der Waals surface area (Å²) in [5.74, 6) is 0.749. The van der Waals surface area contributed by atoms with Gasteiger partial charge in [-0.1, -0.05) is 30.3 Å². The van der Waals surface area contributed by atoms with Crippen molar-refractivity contribution in [3.05, 3.63) is 72.6 Å². The number of nitrogens with one attached hydrogen (secondary N) is 1. The van der Waals surface area contributed by atoms with Crippen molar-refractivity contribution >= 4 is 5.91 Å². The van der Waals surface area contributed by atoms with Gasteiger partial charge >= 0.3 is 0 Å². The Morgan fingerprint density at radius 3 is 2.52 bits per heavy atom. The number of furan rings is 2. The molecule has 0 spiro atoms. The summed E-state index contributed by atoms with van der Waals surface area (Å²) in [7, 11) is 0. The molecule has 2 aromatic heterocycles. The molecular formula is C17H15NO3. The highest BCUT2D eigenvalue weighted by atomic mass is 16.3. The molecule has 1 aromatic carbocycles. The fourth-order valence-electron chi connectivity index (χ4n) is 2.20. The highest BCUT2D eigenvalue weighted by molar-refractivity contribution is 5.98. The minimum atomic E-state index is -0.261. The molecule has 106 valence electrons. The Kier molecular flexibility index (Phi) is 3.60. The first-order valence-corrected chi connectivity index (χ1v) is 6.73. The smallest absolute Gasteiger partial charge is 0.288 e. The van der Waals surface area contributed by atoms with Gasteiger partial charge in [-0.2, -0.15) is 0 Å². The van der Waals surface area contributed by atoms with E-state index in [9.17, 15) is 4.79 Å². The number of hydrogen-bond donors (Lipinski definition) is 1. The molecular weight excluding hydrogens is 266 g/mol. The number of hydrogen-bond acceptors (Lipinski definition) is 3. The van der Waals surface area contributed by atoms with Crippen LogP contribution in [0, 0.1) is 0 Å². The molecule has 4 heteroatoms. The maximum absolute atomic E-state index is 12.4. The third-order valence-corrected chi connectivity index (χ3v) is 3.27. The van der Waals surface area contributed by atoms with Crippen LogP contribution in [0.25, 0.3) is 11.1 Å². The molecule has 0 aliphatic heterocycles. The Morgan fingerprint density at radius 2 is 1.81 bits per heavy atom. The van der Waals surface area contributed by atoms with Crippen molar-refractivity contribution in [2.24, 2.45) is 0 Å². The fraction of sp³-hybridized carbons (Fsp3) is 0.118. The summed E-state index contributed by atoms with van der Waals surface area (Å²) in [6.45, 7) is 1.86. The van der Waals surface area contributed by atoms with Crippen LogP contribution in [0.15, 0.2) is 69.9 Å². The molecule has 2 heterocycles. The summed E-state index contributed by atoms with van der Waals surface area (Å²) in [5, 5.41) is 2.87. The van der Waals surface area contributed by atoms with Gasteiger partial charge in [-0.25, -0.2) is 0 Å². The van der Waals surface area contributed by atoms with Gasteiger partial charge in [0, 0.05) is 5.56 Å². The molecule has 1 amide bonds. The molecule has 1 unspecified atom stereocenters. The first-order valence-electron chi connectivity index (χ1n) is 6.73. The second-order valence-electron chi connectivity index (χ2n) is 4.74. The minimum absolute atomic E-state index is 0.221. The Balaban J connectivity index is 1.82. The van der Waals surface area contributed by atoms with Crippen LogP contribution in [-0.4, -0.2) is 5.91 Å². The van der Waals surface area contributed by atoms with E-state index in [-0.39, 0.29) is 11.9 Å². The van der Waals surface area contributed by atoms with Gasteiger partial charge in [0.2, 0.25) is 0 Å². The van der Waals surface area contributed by atoms with Gasteiger partial charge in [0.15, 0.2) is 5.76 Å². The number of rotatable bonds is 4. The van der Waals surface area contributed by atoms with Crippen molar-refractivity contribution in [2.45, 2.75) is 13.0 Å². The van der Waals surface area contributed by atoms with Crippen molar-refractivity contribution in [3.8, 4) is 11.1 Å². The molecule has 0 aliphatic rings. The van der Waals surface area contributed by atoms with Gasteiger partial charge in [-0.3, -0.25) is 4.79 Å². The second-order valence-corrected chi connectivity index (χ2v) is 4.74. The van der Waals surface area contributed by atoms with Crippen LogP contribution in [0.5, 0.6) is 0 Å². The van der Waals surface area contributed by atoms with Gasteiger partial charge in [0.25, 0.3) is 5.91 Å². The molecule has 3 aromatic rings. The van der Waals surface area contributed by atoms with E-state index in [1.807, 2.05) is 43.3 Å². The zero-order chi connectivity index (χ0) is 14.7. The highest BCUT2D eigenvalue weighted by Gasteiger charge is 2.19. The zero-order valence-electron chi connectivity index (χ0n) is 11.6. The maximum atomic E-state index is 12.4. The number of benzene rings is 1. The SMILES string of the molecule is CC(NC(=O)c1occc1-c1ccccc1)c1ccco1. The molecule has 21 heavy (non-hydrogen) atoms. The molecule has 4 nitrogen and oxygen atoms in total. The standard InChI is InChI=1S/C17H15NO3/c1-12(15-8-5-10-20-15)18-17(19)16-14(9-11-21-16)13-6-3-2-4-7-13/h2-12H,1H3,(H,18,19). The van der Waals surface area contributed by atoms with E-state index in [2.05, 4.69) is 5.32 Å². The van der Waals surface area contributed by atoms with Crippen LogP contribution in [0.4, 0.5) is 0 Å². The van der Waals surface area contributed by atoms with Crippen molar-refractivity contribution in [3.63, 3.8) is 0 Å². The van der Waals surface area contributed by atoms with E-state index in [1.165, 1.54) is 6.26 Å². The second kappa shape index (κ2) is 5.71. The van der Waals surface area contributed by atoms with E-state index >= 15 is 0 Å². The van der Waals surface area contributed by atoms with Gasteiger partial charge in [0.05, 0.1) is 18.6 Å². The predicted octanol–water partition coefficient (Wildman–Crippen LogP) is 4.03. The zero-order valence-corrected chi connectivity index (χ0v) is 11.6. The molecule has 0 saturated heterocycles. The van der Waals surface area contributed by atoms with E-state index in [0.717, 1.165) is 11.1 Å². The molecule has 1 atom stereocenters. The molecule has 3 rings (SSSR count). The van der Waals surface area contributed by atoms with Gasteiger partial charge in [-0.05, 0) is 30.7 Å². The van der Waals surface area contributed by atoms with Crippen LogP contribution in [-0.2, 0) is 0 Å². The predicted molar refractivity (Wildman–Crippen MR) is 78.7 cm³/mol. The van der Waals surface area contributed by atoms with Crippen LogP contribution < -0.4 is 5.32 Å². The first-order chi connectivity index (χ1) is 10.3. The highest BCUT2D eigenvalue weighted by Crippen LogP contribution is 2.25. The average Bonchev–Trinajstić information content (AvgIpc) is 3.19. The lowest BCUT2D eigenvalue weighted by molar-refractivity contribution is 0.0908. The molecule has 0 aliphatic carbocycles. The van der Waals surface area contributed by atoms with Crippen molar-refractivity contribution < 1.29 is 13.6 Å².